The highest BCUT2D eigenvalue weighted by atomic mass is 16.4. The molecule has 0 amide bonds. The van der Waals surface area contributed by atoms with Gasteiger partial charge in [0, 0.05) is 0 Å². The van der Waals surface area contributed by atoms with Crippen LogP contribution in [0.25, 0.3) is 0 Å². The van der Waals surface area contributed by atoms with E-state index in [0.717, 1.165) is 0 Å². The van der Waals surface area contributed by atoms with Gasteiger partial charge in [-0.3, -0.25) is 0 Å². The van der Waals surface area contributed by atoms with Crippen molar-refractivity contribution < 1.29 is 19.5 Å². The second kappa shape index (κ2) is 16.3. The summed E-state index contributed by atoms with van der Waals surface area (Å²) in [7, 11) is 0. The van der Waals surface area contributed by atoms with E-state index in [-0.39, 0.29) is 0 Å². The fourth-order valence-corrected chi connectivity index (χ4v) is 2.64. The largest absolute Gasteiger partial charge is 0.479 e. The van der Waals surface area contributed by atoms with Crippen LogP contribution in [0.2, 0.25) is 0 Å². The lowest BCUT2D eigenvalue weighted by Gasteiger charge is -2.39. The lowest BCUT2D eigenvalue weighted by atomic mass is 10.1. The molecule has 0 aliphatic heterocycles. The predicted molar refractivity (Wildman–Crippen MR) is 98.7 cm³/mol. The number of unbranched alkanes of at least 4 members (excludes halogenated alkanes) is 4. The second-order valence-electron chi connectivity index (χ2n) is 6.66. The van der Waals surface area contributed by atoms with E-state index in [2.05, 4.69) is 27.7 Å². The molecular formula is C19H42NO3+. The molecule has 2 N–H and O–H groups in total. The van der Waals surface area contributed by atoms with Crippen molar-refractivity contribution in [2.45, 2.75) is 92.1 Å². The lowest BCUT2D eigenvalue weighted by molar-refractivity contribution is -0.929. The monoisotopic (exact) mass is 332 g/mol. The van der Waals surface area contributed by atoms with E-state index in [4.69, 9.17) is 10.2 Å². The van der Waals surface area contributed by atoms with Crippen molar-refractivity contribution in [3.63, 3.8) is 0 Å². The molecule has 0 fully saturated rings. The number of hydrogen-bond donors (Lipinski definition) is 2. The number of nitrogens with zero attached hydrogens (tertiary/aromatic N) is 1. The molecule has 0 aliphatic rings. The normalized spacial score (nSPS) is 12.4. The molecule has 4 heteroatoms. The molecule has 0 rings (SSSR count). The highest BCUT2D eigenvalue weighted by molar-refractivity contribution is 5.71. The Labute approximate surface area is 144 Å². The van der Waals surface area contributed by atoms with Gasteiger partial charge in [0.1, 0.15) is 6.10 Å². The van der Waals surface area contributed by atoms with Crippen LogP contribution in [0.15, 0.2) is 0 Å². The van der Waals surface area contributed by atoms with Gasteiger partial charge in [0.15, 0.2) is 0 Å². The Morgan fingerprint density at radius 3 is 1.13 bits per heavy atom. The minimum atomic E-state index is -1.23. The third kappa shape index (κ3) is 14.7. The average Bonchev–Trinajstić information content (AvgIpc) is 2.54. The topological polar surface area (TPSA) is 57.5 Å². The molecule has 0 aromatic carbocycles. The highest BCUT2D eigenvalue weighted by Crippen LogP contribution is 2.16. The molecule has 0 spiro atoms. The van der Waals surface area contributed by atoms with Gasteiger partial charge in [0.2, 0.25) is 0 Å². The molecule has 0 aromatic heterocycles. The standard InChI is InChI=1S/C16H36N.C3H6O3/c1-5-9-13-17(14-10-6-2,15-11-7-3)16-12-8-4;1-2(4)3(5)6/h5-16H2,1-4H3;2,4H,1H3,(H,5,6)/q+1;. The van der Waals surface area contributed by atoms with Crippen molar-refractivity contribution in [1.29, 1.82) is 0 Å². The first-order valence-corrected chi connectivity index (χ1v) is 9.65. The Hall–Kier alpha value is -0.610. The van der Waals surface area contributed by atoms with Gasteiger partial charge in [-0.25, -0.2) is 4.79 Å². The molecule has 0 saturated carbocycles. The van der Waals surface area contributed by atoms with Gasteiger partial charge >= 0.3 is 5.97 Å². The molecule has 0 heterocycles. The van der Waals surface area contributed by atoms with E-state index in [1.54, 1.807) is 0 Å². The minimum Gasteiger partial charge on any atom is -0.479 e. The summed E-state index contributed by atoms with van der Waals surface area (Å²) in [6.45, 7) is 16.2. The summed E-state index contributed by atoms with van der Waals surface area (Å²) in [6, 6.07) is 0. The SMILES string of the molecule is CC(O)C(=O)O.CCCC[N+](CCCC)(CCCC)CCCC. The summed E-state index contributed by atoms with van der Waals surface area (Å²) in [5.74, 6) is -1.19. The molecule has 4 nitrogen and oxygen atoms in total. The number of rotatable bonds is 13. The highest BCUT2D eigenvalue weighted by Gasteiger charge is 2.24. The fourth-order valence-electron chi connectivity index (χ4n) is 2.64. The average molecular weight is 333 g/mol. The summed E-state index contributed by atoms with van der Waals surface area (Å²) < 4.78 is 1.42. The van der Waals surface area contributed by atoms with Gasteiger partial charge in [-0.2, -0.15) is 0 Å². The number of carbonyl (C=O) groups is 1. The summed E-state index contributed by atoms with van der Waals surface area (Å²) in [4.78, 5) is 9.45. The Bertz CT molecular complexity index is 230. The van der Waals surface area contributed by atoms with Crippen LogP contribution in [0.3, 0.4) is 0 Å². The van der Waals surface area contributed by atoms with E-state index in [1.165, 1.54) is 89.0 Å². The Morgan fingerprint density at radius 1 is 0.783 bits per heavy atom. The van der Waals surface area contributed by atoms with Crippen LogP contribution < -0.4 is 0 Å². The van der Waals surface area contributed by atoms with Gasteiger partial charge in [-0.05, 0) is 32.6 Å². The van der Waals surface area contributed by atoms with Crippen molar-refractivity contribution in [2.24, 2.45) is 0 Å². The van der Waals surface area contributed by atoms with Crippen molar-refractivity contribution in [3.8, 4) is 0 Å². The number of quaternary nitrogens is 1. The van der Waals surface area contributed by atoms with Crippen molar-refractivity contribution >= 4 is 5.97 Å². The zero-order valence-corrected chi connectivity index (χ0v) is 16.3. The first-order chi connectivity index (χ1) is 10.9. The molecule has 1 atom stereocenters. The predicted octanol–water partition coefficient (Wildman–Crippen LogP) is 4.46. The smallest absolute Gasteiger partial charge is 0.332 e. The first-order valence-electron chi connectivity index (χ1n) is 9.65. The first kappa shape index (κ1) is 24.6. The van der Waals surface area contributed by atoms with Crippen LogP contribution in [0, 0.1) is 0 Å². The molecule has 0 radical (unpaired) electrons. The quantitative estimate of drug-likeness (QED) is 0.490. The second-order valence-corrected chi connectivity index (χ2v) is 6.66. The van der Waals surface area contributed by atoms with E-state index in [0.29, 0.717) is 0 Å². The lowest BCUT2D eigenvalue weighted by Crippen LogP contribution is -2.50. The molecule has 1 unspecified atom stereocenters. The molecule has 140 valence electrons. The van der Waals surface area contributed by atoms with Gasteiger partial charge in [0.05, 0.1) is 26.2 Å². The van der Waals surface area contributed by atoms with Crippen LogP contribution >= 0.6 is 0 Å². The molecule has 0 aliphatic carbocycles. The van der Waals surface area contributed by atoms with E-state index in [1.807, 2.05) is 0 Å². The Balaban J connectivity index is 0. The minimum absolute atomic E-state index is 1.19. The molecule has 0 bridgehead atoms. The van der Waals surface area contributed by atoms with Crippen LogP contribution in [0.5, 0.6) is 0 Å². The zero-order valence-electron chi connectivity index (χ0n) is 16.3. The van der Waals surface area contributed by atoms with E-state index >= 15 is 0 Å². The van der Waals surface area contributed by atoms with Crippen LogP contribution in [0.1, 0.15) is 86.0 Å². The number of aliphatic hydroxyl groups excluding tert-OH is 1. The molecule has 0 aromatic rings. The number of aliphatic hydroxyl groups is 1. The third-order valence-electron chi connectivity index (χ3n) is 4.30. The van der Waals surface area contributed by atoms with Crippen molar-refractivity contribution in [3.05, 3.63) is 0 Å². The zero-order chi connectivity index (χ0) is 18.1. The maximum Gasteiger partial charge on any atom is 0.332 e. The maximum absolute atomic E-state index is 9.45. The Morgan fingerprint density at radius 2 is 1.00 bits per heavy atom. The van der Waals surface area contributed by atoms with Gasteiger partial charge in [0.25, 0.3) is 0 Å². The fraction of sp³-hybridized carbons (Fsp3) is 0.947. The molecule has 0 saturated heterocycles. The Kier molecular flexibility index (Phi) is 17.4. The van der Waals surface area contributed by atoms with Gasteiger partial charge in [-0.15, -0.1) is 0 Å². The molecule has 23 heavy (non-hydrogen) atoms. The molecular weight excluding hydrogens is 290 g/mol. The van der Waals surface area contributed by atoms with Crippen LogP contribution in [0.4, 0.5) is 0 Å². The number of carboxylic acid groups (broad SMARTS) is 1. The number of aliphatic carboxylic acids is 1. The van der Waals surface area contributed by atoms with Crippen LogP contribution in [-0.4, -0.2) is 52.9 Å². The summed E-state index contributed by atoms with van der Waals surface area (Å²) in [5, 5.41) is 15.8. The summed E-state index contributed by atoms with van der Waals surface area (Å²) >= 11 is 0. The summed E-state index contributed by atoms with van der Waals surface area (Å²) in [5.41, 5.74) is 0. The summed E-state index contributed by atoms with van der Waals surface area (Å²) in [6.07, 6.45) is 9.83. The van der Waals surface area contributed by atoms with Crippen LogP contribution in [-0.2, 0) is 4.79 Å². The number of hydrogen-bond acceptors (Lipinski definition) is 2. The maximum atomic E-state index is 9.45. The van der Waals surface area contributed by atoms with Gasteiger partial charge < -0.3 is 14.7 Å². The van der Waals surface area contributed by atoms with E-state index in [9.17, 15) is 4.79 Å². The van der Waals surface area contributed by atoms with Crippen molar-refractivity contribution in [1.82, 2.24) is 0 Å². The van der Waals surface area contributed by atoms with Gasteiger partial charge in [-0.1, -0.05) is 53.4 Å². The van der Waals surface area contributed by atoms with E-state index < -0.39 is 12.1 Å². The third-order valence-corrected chi connectivity index (χ3v) is 4.30. The number of carboxylic acids is 1. The van der Waals surface area contributed by atoms with Crippen molar-refractivity contribution in [2.75, 3.05) is 26.2 Å².